The molecule has 5 rings (SSSR count). The molecule has 0 aromatic heterocycles. The summed E-state index contributed by atoms with van der Waals surface area (Å²) in [6, 6.07) is 0. The largest absolute Gasteiger partial charge is 0.393 e. The Bertz CT molecular complexity index is 892. The molecule has 0 aromatic carbocycles. The van der Waals surface area contributed by atoms with E-state index in [1.54, 1.807) is 19.9 Å². The molecular formula is C28H44O6. The predicted octanol–water partition coefficient (Wildman–Crippen LogP) is 3.00. The van der Waals surface area contributed by atoms with Crippen LogP contribution in [0.15, 0.2) is 11.6 Å². The fourth-order valence-electron chi connectivity index (χ4n) is 9.05. The Morgan fingerprint density at radius 3 is 2.50 bits per heavy atom. The normalized spacial score (nSPS) is 52.2. The van der Waals surface area contributed by atoms with E-state index in [0.717, 1.165) is 24.8 Å². The monoisotopic (exact) mass is 476 g/mol. The Kier molecular flexibility index (Phi) is 5.57. The van der Waals surface area contributed by atoms with Crippen molar-refractivity contribution in [2.24, 2.45) is 40.4 Å². The summed E-state index contributed by atoms with van der Waals surface area (Å²) in [5, 5.41) is 44.2. The van der Waals surface area contributed by atoms with E-state index < -0.39 is 28.8 Å². The van der Waals surface area contributed by atoms with Crippen LogP contribution in [0, 0.1) is 40.4 Å². The van der Waals surface area contributed by atoms with Gasteiger partial charge in [0.25, 0.3) is 0 Å². The number of rotatable bonds is 3. The molecule has 6 heteroatoms. The van der Waals surface area contributed by atoms with Gasteiger partial charge in [-0.2, -0.15) is 0 Å². The first-order valence-electron chi connectivity index (χ1n) is 13.4. The van der Waals surface area contributed by atoms with Crippen molar-refractivity contribution in [1.29, 1.82) is 0 Å². The third-order valence-electron chi connectivity index (χ3n) is 11.5. The van der Waals surface area contributed by atoms with Gasteiger partial charge in [0.1, 0.15) is 0 Å². The maximum Gasteiger partial charge on any atom is 0.159 e. The van der Waals surface area contributed by atoms with Crippen LogP contribution in [0.3, 0.4) is 0 Å². The van der Waals surface area contributed by atoms with Crippen LogP contribution in [0.5, 0.6) is 0 Å². The Balaban J connectivity index is 1.47. The minimum absolute atomic E-state index is 0.0217. The van der Waals surface area contributed by atoms with Gasteiger partial charge in [0, 0.05) is 23.7 Å². The number of aliphatic hydroxyl groups excluding tert-OH is 2. The SMILES string of the molecule is C[C@@H]1[C@H]([C@@H](O)[C@@H](C)C(C)(C)O)OC2C[C@@]3(O)C4=CC(=O)C5C[C@@H](O)CC[C@]5(C)[C@H]4CC[C@]3(C)[C@H]21. The molecule has 6 nitrogen and oxygen atoms in total. The van der Waals surface area contributed by atoms with Crippen LogP contribution in [0.2, 0.25) is 0 Å². The molecular weight excluding hydrogens is 432 g/mol. The number of fused-ring (bicyclic) bond motifs is 7. The molecule has 2 unspecified atom stereocenters. The number of hydrogen-bond acceptors (Lipinski definition) is 6. The van der Waals surface area contributed by atoms with Gasteiger partial charge in [0.05, 0.1) is 35.6 Å². The molecule has 192 valence electrons. The van der Waals surface area contributed by atoms with E-state index in [9.17, 15) is 25.2 Å². The van der Waals surface area contributed by atoms with Crippen molar-refractivity contribution in [1.82, 2.24) is 0 Å². The van der Waals surface area contributed by atoms with Crippen molar-refractivity contribution in [2.75, 3.05) is 0 Å². The van der Waals surface area contributed by atoms with Gasteiger partial charge in [-0.3, -0.25) is 4.79 Å². The van der Waals surface area contributed by atoms with Gasteiger partial charge in [0.2, 0.25) is 0 Å². The van der Waals surface area contributed by atoms with Crippen LogP contribution in [0.1, 0.15) is 80.1 Å². The minimum atomic E-state index is -1.10. The van der Waals surface area contributed by atoms with Crippen LogP contribution in [0.25, 0.3) is 0 Å². The smallest absolute Gasteiger partial charge is 0.159 e. The molecule has 0 spiro atoms. The van der Waals surface area contributed by atoms with Gasteiger partial charge >= 0.3 is 0 Å². The molecule has 0 aromatic rings. The molecule has 0 radical (unpaired) electrons. The first-order chi connectivity index (χ1) is 15.6. The molecule has 1 saturated heterocycles. The average molecular weight is 477 g/mol. The van der Waals surface area contributed by atoms with Crippen molar-refractivity contribution in [3.05, 3.63) is 11.6 Å². The first kappa shape index (κ1) is 24.9. The van der Waals surface area contributed by atoms with E-state index in [-0.39, 0.29) is 53.0 Å². The number of aliphatic hydroxyl groups is 4. The molecule has 1 aliphatic heterocycles. The molecule has 4 aliphatic carbocycles. The molecule has 3 saturated carbocycles. The summed E-state index contributed by atoms with van der Waals surface area (Å²) in [6.45, 7) is 11.8. The number of carbonyl (C=O) groups excluding carboxylic acids is 1. The highest BCUT2D eigenvalue weighted by Crippen LogP contribution is 2.70. The van der Waals surface area contributed by atoms with Crippen molar-refractivity contribution in [2.45, 2.75) is 116 Å². The quantitative estimate of drug-likeness (QED) is 0.499. The minimum Gasteiger partial charge on any atom is -0.393 e. The number of carbonyl (C=O) groups is 1. The van der Waals surface area contributed by atoms with E-state index in [2.05, 4.69) is 20.8 Å². The number of hydrogen-bond donors (Lipinski definition) is 4. The number of allylic oxidation sites excluding steroid dienone is 1. The molecule has 0 bridgehead atoms. The molecule has 34 heavy (non-hydrogen) atoms. The second kappa shape index (κ2) is 7.61. The fraction of sp³-hybridized carbons (Fsp3) is 0.893. The highest BCUT2D eigenvalue weighted by atomic mass is 16.5. The van der Waals surface area contributed by atoms with Crippen LogP contribution < -0.4 is 0 Å². The van der Waals surface area contributed by atoms with Crippen molar-refractivity contribution >= 4 is 5.78 Å². The van der Waals surface area contributed by atoms with Gasteiger partial charge in [-0.25, -0.2) is 0 Å². The lowest BCUT2D eigenvalue weighted by molar-refractivity contribution is -0.145. The Labute approximate surface area is 203 Å². The topological polar surface area (TPSA) is 107 Å². The standard InChI is InChI=1S/C28H44O6/c1-14-22-21(34-24(14)23(31)15(2)25(3,4)32)13-28(33)18-12-20(30)19-11-16(29)7-9-26(19,5)17(18)8-10-27(22,28)6/h12,14-17,19,21-24,29,31-33H,7-11,13H2,1-6H3/t14-,15+,16-,17-,19?,21?,22-,23-,24+,26+,27+,28+/m0/s1. The zero-order valence-corrected chi connectivity index (χ0v) is 21.6. The van der Waals surface area contributed by atoms with E-state index in [4.69, 9.17) is 4.74 Å². The summed E-state index contributed by atoms with van der Waals surface area (Å²) in [5.41, 5.74) is -1.88. The lowest BCUT2D eigenvalue weighted by Crippen LogP contribution is -2.59. The molecule has 0 amide bonds. The molecule has 4 N–H and O–H groups in total. The first-order valence-corrected chi connectivity index (χ1v) is 13.4. The zero-order chi connectivity index (χ0) is 25.0. The molecule has 1 heterocycles. The molecule has 12 atom stereocenters. The van der Waals surface area contributed by atoms with Crippen molar-refractivity contribution in [3.8, 4) is 0 Å². The van der Waals surface area contributed by atoms with Crippen LogP contribution in [0.4, 0.5) is 0 Å². The summed E-state index contributed by atoms with van der Waals surface area (Å²) >= 11 is 0. The summed E-state index contributed by atoms with van der Waals surface area (Å²) in [5.74, 6) is -0.222. The van der Waals surface area contributed by atoms with Crippen molar-refractivity contribution in [3.63, 3.8) is 0 Å². The van der Waals surface area contributed by atoms with E-state index >= 15 is 0 Å². The Morgan fingerprint density at radius 1 is 1.18 bits per heavy atom. The highest BCUT2D eigenvalue weighted by molar-refractivity contribution is 5.95. The predicted molar refractivity (Wildman–Crippen MR) is 128 cm³/mol. The zero-order valence-electron chi connectivity index (χ0n) is 21.6. The van der Waals surface area contributed by atoms with Crippen LogP contribution >= 0.6 is 0 Å². The highest BCUT2D eigenvalue weighted by Gasteiger charge is 2.71. The molecule has 5 aliphatic rings. The molecule has 4 fully saturated rings. The van der Waals surface area contributed by atoms with Gasteiger partial charge in [-0.05, 0) is 80.8 Å². The third kappa shape index (κ3) is 3.14. The van der Waals surface area contributed by atoms with E-state index in [1.807, 2.05) is 6.92 Å². The third-order valence-corrected chi connectivity index (χ3v) is 11.5. The van der Waals surface area contributed by atoms with Crippen LogP contribution in [-0.2, 0) is 9.53 Å². The summed E-state index contributed by atoms with van der Waals surface area (Å²) < 4.78 is 6.48. The van der Waals surface area contributed by atoms with Gasteiger partial charge < -0.3 is 25.2 Å². The summed E-state index contributed by atoms with van der Waals surface area (Å²) in [7, 11) is 0. The van der Waals surface area contributed by atoms with Gasteiger partial charge in [0.15, 0.2) is 5.78 Å². The van der Waals surface area contributed by atoms with Gasteiger partial charge in [-0.15, -0.1) is 0 Å². The lowest BCUT2D eigenvalue weighted by atomic mass is 9.46. The van der Waals surface area contributed by atoms with E-state index in [0.29, 0.717) is 19.3 Å². The Hall–Kier alpha value is -0.790. The maximum absolute atomic E-state index is 13.3. The van der Waals surface area contributed by atoms with Gasteiger partial charge in [-0.1, -0.05) is 27.7 Å². The van der Waals surface area contributed by atoms with Crippen molar-refractivity contribution < 1.29 is 30.0 Å². The number of ether oxygens (including phenoxy) is 1. The van der Waals surface area contributed by atoms with E-state index in [1.165, 1.54) is 0 Å². The number of ketones is 1. The Morgan fingerprint density at radius 2 is 1.85 bits per heavy atom. The average Bonchev–Trinajstić information content (AvgIpc) is 3.19. The maximum atomic E-state index is 13.3. The lowest BCUT2D eigenvalue weighted by Gasteiger charge is -2.59. The summed E-state index contributed by atoms with van der Waals surface area (Å²) in [4.78, 5) is 13.3. The fourth-order valence-corrected chi connectivity index (χ4v) is 9.05. The summed E-state index contributed by atoms with van der Waals surface area (Å²) in [6.07, 6.45) is 4.21. The van der Waals surface area contributed by atoms with Crippen LogP contribution in [-0.4, -0.2) is 61.8 Å². The second-order valence-corrected chi connectivity index (χ2v) is 13.5. The second-order valence-electron chi connectivity index (χ2n) is 13.5.